The molecule has 1 atom stereocenters. The van der Waals surface area contributed by atoms with Gasteiger partial charge < -0.3 is 15.7 Å². The van der Waals surface area contributed by atoms with Crippen molar-refractivity contribution in [3.05, 3.63) is 48.3 Å². The average Bonchev–Trinajstić information content (AvgIpc) is 3.10. The molecule has 3 N–H and O–H groups in total. The van der Waals surface area contributed by atoms with Gasteiger partial charge >= 0.3 is 0 Å². The van der Waals surface area contributed by atoms with Crippen LogP contribution < -0.4 is 10.6 Å². The number of aromatic hydroxyl groups is 1. The standard InChI is InChI=1S/C18H17FN4O/c19-11-5-6-16(24)14(9-11)18-22-15-4-2-1-3-13(15)17(23-18)21-12-7-8-20-10-12/h1-6,9,12,20,24H,7-8,10H2,(H,21,22,23)/t12-/m0/s1. The highest BCUT2D eigenvalue weighted by Gasteiger charge is 2.18. The van der Waals surface area contributed by atoms with Crippen LogP contribution in [0.5, 0.6) is 5.75 Å². The van der Waals surface area contributed by atoms with Gasteiger partial charge in [0.25, 0.3) is 0 Å². The minimum Gasteiger partial charge on any atom is -0.507 e. The predicted octanol–water partition coefficient (Wildman–Crippen LogP) is 2.92. The molecule has 0 radical (unpaired) electrons. The fraction of sp³-hybridized carbons (Fsp3) is 0.222. The summed E-state index contributed by atoms with van der Waals surface area (Å²) >= 11 is 0. The van der Waals surface area contributed by atoms with E-state index in [1.165, 1.54) is 18.2 Å². The van der Waals surface area contributed by atoms with Gasteiger partial charge in [0.2, 0.25) is 0 Å². The van der Waals surface area contributed by atoms with Crippen molar-refractivity contribution in [2.24, 2.45) is 0 Å². The maximum atomic E-state index is 13.6. The summed E-state index contributed by atoms with van der Waals surface area (Å²) in [5, 5.41) is 17.7. The predicted molar refractivity (Wildman–Crippen MR) is 91.5 cm³/mol. The van der Waals surface area contributed by atoms with Crippen LogP contribution in [0.1, 0.15) is 6.42 Å². The first-order valence-corrected chi connectivity index (χ1v) is 7.93. The molecule has 0 spiro atoms. The number of fused-ring (bicyclic) bond motifs is 1. The highest BCUT2D eigenvalue weighted by Crippen LogP contribution is 2.31. The Morgan fingerprint density at radius 1 is 1.17 bits per heavy atom. The summed E-state index contributed by atoms with van der Waals surface area (Å²) in [6.45, 7) is 1.84. The second-order valence-corrected chi connectivity index (χ2v) is 5.91. The Balaban J connectivity index is 1.85. The fourth-order valence-corrected chi connectivity index (χ4v) is 2.97. The van der Waals surface area contributed by atoms with Crippen LogP contribution in [0.25, 0.3) is 22.3 Å². The van der Waals surface area contributed by atoms with Crippen LogP contribution in [0.3, 0.4) is 0 Å². The number of nitrogens with zero attached hydrogens (tertiary/aromatic N) is 2. The second-order valence-electron chi connectivity index (χ2n) is 5.91. The van der Waals surface area contributed by atoms with Crippen LogP contribution in [-0.4, -0.2) is 34.2 Å². The number of aromatic nitrogens is 2. The number of nitrogens with one attached hydrogen (secondary N) is 2. The molecule has 0 bridgehead atoms. The van der Waals surface area contributed by atoms with Gasteiger partial charge in [-0.2, -0.15) is 0 Å². The third-order valence-electron chi connectivity index (χ3n) is 4.20. The van der Waals surface area contributed by atoms with Crippen molar-refractivity contribution in [2.45, 2.75) is 12.5 Å². The van der Waals surface area contributed by atoms with E-state index in [1.54, 1.807) is 0 Å². The molecule has 1 fully saturated rings. The van der Waals surface area contributed by atoms with E-state index in [9.17, 15) is 9.50 Å². The van der Waals surface area contributed by atoms with Gasteiger partial charge in [0.1, 0.15) is 17.4 Å². The molecule has 1 aliphatic heterocycles. The second kappa shape index (κ2) is 6.05. The Morgan fingerprint density at radius 3 is 2.88 bits per heavy atom. The highest BCUT2D eigenvalue weighted by molar-refractivity contribution is 5.91. The van der Waals surface area contributed by atoms with Crippen molar-refractivity contribution in [1.29, 1.82) is 0 Å². The van der Waals surface area contributed by atoms with Crippen molar-refractivity contribution in [3.63, 3.8) is 0 Å². The number of hydrogen-bond acceptors (Lipinski definition) is 5. The maximum absolute atomic E-state index is 13.6. The first-order chi connectivity index (χ1) is 11.7. The summed E-state index contributed by atoms with van der Waals surface area (Å²) in [6, 6.07) is 11.7. The third kappa shape index (κ3) is 2.76. The smallest absolute Gasteiger partial charge is 0.165 e. The van der Waals surface area contributed by atoms with Crippen molar-refractivity contribution in [3.8, 4) is 17.1 Å². The number of benzene rings is 2. The van der Waals surface area contributed by atoms with Crippen LogP contribution in [0.2, 0.25) is 0 Å². The number of anilines is 1. The first kappa shape index (κ1) is 14.8. The monoisotopic (exact) mass is 324 g/mol. The molecule has 2 heterocycles. The summed E-state index contributed by atoms with van der Waals surface area (Å²) in [5.74, 6) is 0.529. The largest absolute Gasteiger partial charge is 0.507 e. The van der Waals surface area contributed by atoms with Gasteiger partial charge in [-0.15, -0.1) is 0 Å². The molecule has 24 heavy (non-hydrogen) atoms. The lowest BCUT2D eigenvalue weighted by Gasteiger charge is -2.15. The molecular weight excluding hydrogens is 307 g/mol. The molecule has 4 rings (SSSR count). The zero-order chi connectivity index (χ0) is 16.5. The number of phenolic OH excluding ortho intramolecular Hbond substituents is 1. The Morgan fingerprint density at radius 2 is 2.04 bits per heavy atom. The topological polar surface area (TPSA) is 70.1 Å². The van der Waals surface area contributed by atoms with Crippen LogP contribution in [0.4, 0.5) is 10.2 Å². The van der Waals surface area contributed by atoms with Crippen molar-refractivity contribution >= 4 is 16.7 Å². The van der Waals surface area contributed by atoms with E-state index in [4.69, 9.17) is 0 Å². The van der Waals surface area contributed by atoms with Crippen LogP contribution in [0.15, 0.2) is 42.5 Å². The number of hydrogen-bond donors (Lipinski definition) is 3. The summed E-state index contributed by atoms with van der Waals surface area (Å²) in [5.41, 5.74) is 1.04. The van der Waals surface area contributed by atoms with E-state index in [0.717, 1.165) is 30.4 Å². The molecular formula is C18H17FN4O. The van der Waals surface area contributed by atoms with E-state index in [1.807, 2.05) is 24.3 Å². The zero-order valence-corrected chi connectivity index (χ0v) is 13.0. The SMILES string of the molecule is Oc1ccc(F)cc1-c1nc(N[C@H]2CCNC2)c2ccccc2n1. The molecule has 0 amide bonds. The molecule has 1 saturated heterocycles. The number of phenols is 1. The van der Waals surface area contributed by atoms with Gasteiger partial charge in [-0.1, -0.05) is 12.1 Å². The molecule has 1 aliphatic rings. The minimum atomic E-state index is -0.436. The van der Waals surface area contributed by atoms with Gasteiger partial charge in [0.15, 0.2) is 5.82 Å². The van der Waals surface area contributed by atoms with Gasteiger partial charge in [0, 0.05) is 18.0 Å². The number of halogens is 1. The van der Waals surface area contributed by atoms with E-state index in [0.29, 0.717) is 11.6 Å². The van der Waals surface area contributed by atoms with Gasteiger partial charge in [-0.25, -0.2) is 14.4 Å². The van der Waals surface area contributed by atoms with Gasteiger partial charge in [0.05, 0.1) is 11.1 Å². The number of rotatable bonds is 3. The van der Waals surface area contributed by atoms with Crippen molar-refractivity contribution in [1.82, 2.24) is 15.3 Å². The lowest BCUT2D eigenvalue weighted by atomic mass is 10.1. The van der Waals surface area contributed by atoms with Gasteiger partial charge in [-0.3, -0.25) is 0 Å². The van der Waals surface area contributed by atoms with E-state index in [-0.39, 0.29) is 17.4 Å². The molecule has 0 aliphatic carbocycles. The first-order valence-electron chi connectivity index (χ1n) is 7.93. The van der Waals surface area contributed by atoms with Crippen LogP contribution in [-0.2, 0) is 0 Å². The lowest BCUT2D eigenvalue weighted by molar-refractivity contribution is 0.475. The summed E-state index contributed by atoms with van der Waals surface area (Å²) < 4.78 is 13.6. The minimum absolute atomic E-state index is 0.0415. The molecule has 0 saturated carbocycles. The number of para-hydroxylation sites is 1. The third-order valence-corrected chi connectivity index (χ3v) is 4.20. The Hall–Kier alpha value is -2.73. The lowest BCUT2D eigenvalue weighted by Crippen LogP contribution is -2.23. The Labute approximate surface area is 138 Å². The molecule has 2 aromatic carbocycles. The maximum Gasteiger partial charge on any atom is 0.165 e. The van der Waals surface area contributed by atoms with Crippen molar-refractivity contribution in [2.75, 3.05) is 18.4 Å². The normalized spacial score (nSPS) is 17.3. The molecule has 6 heteroatoms. The highest BCUT2D eigenvalue weighted by atomic mass is 19.1. The van der Waals surface area contributed by atoms with Crippen LogP contribution >= 0.6 is 0 Å². The molecule has 3 aromatic rings. The summed E-state index contributed by atoms with van der Waals surface area (Å²) in [4.78, 5) is 9.05. The quantitative estimate of drug-likeness (QED) is 0.691. The van der Waals surface area contributed by atoms with E-state index < -0.39 is 5.82 Å². The van der Waals surface area contributed by atoms with Crippen molar-refractivity contribution < 1.29 is 9.50 Å². The molecule has 0 unspecified atom stereocenters. The van der Waals surface area contributed by atoms with Gasteiger partial charge in [-0.05, 0) is 43.3 Å². The average molecular weight is 324 g/mol. The van der Waals surface area contributed by atoms with E-state index in [2.05, 4.69) is 20.6 Å². The molecule has 122 valence electrons. The molecule has 5 nitrogen and oxygen atoms in total. The Kier molecular flexibility index (Phi) is 3.74. The summed E-state index contributed by atoms with van der Waals surface area (Å²) in [6.07, 6.45) is 1.01. The van der Waals surface area contributed by atoms with E-state index >= 15 is 0 Å². The fourth-order valence-electron chi connectivity index (χ4n) is 2.97. The summed E-state index contributed by atoms with van der Waals surface area (Å²) in [7, 11) is 0. The molecule has 1 aromatic heterocycles. The Bertz CT molecular complexity index is 893. The zero-order valence-electron chi connectivity index (χ0n) is 13.0. The van der Waals surface area contributed by atoms with Crippen LogP contribution in [0, 0.1) is 5.82 Å².